The number of carbonyl (C=O) groups is 2. The van der Waals surface area contributed by atoms with Gasteiger partial charge in [0.2, 0.25) is 11.8 Å². The summed E-state index contributed by atoms with van der Waals surface area (Å²) in [7, 11) is 0. The van der Waals surface area contributed by atoms with E-state index in [1.807, 2.05) is 0 Å². The molecule has 12 heavy (non-hydrogen) atoms. The molecule has 0 heterocycles. The number of nitrogens with zero attached hydrogens (tertiary/aromatic N) is 3. The predicted molar refractivity (Wildman–Crippen MR) is 42.0 cm³/mol. The molecule has 0 spiro atoms. The van der Waals surface area contributed by atoms with E-state index in [4.69, 9.17) is 5.53 Å². The van der Waals surface area contributed by atoms with Crippen LogP contribution in [0.4, 0.5) is 0 Å². The fraction of sp³-hybridized carbons (Fsp3) is 0.667. The van der Waals surface area contributed by atoms with Crippen molar-refractivity contribution in [3.63, 3.8) is 0 Å². The van der Waals surface area contributed by atoms with E-state index in [0.29, 0.717) is 0 Å². The van der Waals surface area contributed by atoms with Crippen LogP contribution in [0.2, 0.25) is 0 Å². The van der Waals surface area contributed by atoms with Gasteiger partial charge in [-0.2, -0.15) is 0 Å². The third kappa shape index (κ3) is 5.25. The third-order valence-electron chi connectivity index (χ3n) is 1.05. The lowest BCUT2D eigenvalue weighted by Crippen LogP contribution is -2.29. The Kier molecular flexibility index (Phi) is 4.48. The molecule has 1 N–H and O–H groups in total. The lowest BCUT2D eigenvalue weighted by atomic mass is 10.2. The first-order valence-electron chi connectivity index (χ1n) is 3.41. The number of imide groups is 1. The normalized spacial score (nSPS) is 11.2. The van der Waals surface area contributed by atoms with Crippen molar-refractivity contribution in [2.24, 2.45) is 5.11 Å². The van der Waals surface area contributed by atoms with Gasteiger partial charge in [0.1, 0.15) is 0 Å². The standard InChI is InChI=1S/C6H10N4O2/c1-4(9-10-7)3-6(12)8-5(2)11/h4H,3H2,1-2H3,(H,8,11,12)/t4-/m0/s1. The second-order valence-electron chi connectivity index (χ2n) is 2.36. The Morgan fingerprint density at radius 2 is 2.25 bits per heavy atom. The zero-order valence-corrected chi connectivity index (χ0v) is 6.94. The zero-order valence-electron chi connectivity index (χ0n) is 6.94. The van der Waals surface area contributed by atoms with Crippen molar-refractivity contribution in [3.8, 4) is 0 Å². The Morgan fingerprint density at radius 3 is 2.67 bits per heavy atom. The molecular formula is C6H10N4O2. The van der Waals surface area contributed by atoms with Crippen molar-refractivity contribution in [2.75, 3.05) is 0 Å². The van der Waals surface area contributed by atoms with E-state index in [1.54, 1.807) is 6.92 Å². The molecule has 2 amide bonds. The molecule has 6 nitrogen and oxygen atoms in total. The molecule has 0 radical (unpaired) electrons. The van der Waals surface area contributed by atoms with Gasteiger partial charge in [-0.25, -0.2) is 0 Å². The first-order chi connectivity index (χ1) is 5.56. The van der Waals surface area contributed by atoms with E-state index in [1.165, 1.54) is 6.92 Å². The molecule has 0 saturated heterocycles. The molecule has 0 fully saturated rings. The Bertz CT molecular complexity index is 232. The summed E-state index contributed by atoms with van der Waals surface area (Å²) < 4.78 is 0. The maximum Gasteiger partial charge on any atom is 0.226 e. The van der Waals surface area contributed by atoms with Crippen molar-refractivity contribution in [1.82, 2.24) is 5.32 Å². The number of rotatable bonds is 3. The predicted octanol–water partition coefficient (Wildman–Crippen LogP) is 0.738. The molecule has 0 rings (SSSR count). The molecule has 1 atom stereocenters. The van der Waals surface area contributed by atoms with Crippen LogP contribution in [0, 0.1) is 0 Å². The minimum absolute atomic E-state index is 0.0314. The topological polar surface area (TPSA) is 94.9 Å². The molecule has 0 saturated carbocycles. The van der Waals surface area contributed by atoms with E-state index in [0.717, 1.165) is 0 Å². The molecule has 0 unspecified atom stereocenters. The number of amides is 2. The number of hydrogen-bond donors (Lipinski definition) is 1. The van der Waals surface area contributed by atoms with E-state index >= 15 is 0 Å². The van der Waals surface area contributed by atoms with Gasteiger partial charge in [-0.3, -0.25) is 14.9 Å². The maximum atomic E-state index is 10.8. The van der Waals surface area contributed by atoms with Gasteiger partial charge in [-0.15, -0.1) is 0 Å². The van der Waals surface area contributed by atoms with Crippen molar-refractivity contribution >= 4 is 11.8 Å². The average Bonchev–Trinajstić information content (AvgIpc) is 1.84. The van der Waals surface area contributed by atoms with Crippen LogP contribution in [0.3, 0.4) is 0 Å². The van der Waals surface area contributed by atoms with E-state index in [2.05, 4.69) is 15.3 Å². The van der Waals surface area contributed by atoms with Crippen LogP contribution in [0.5, 0.6) is 0 Å². The summed E-state index contributed by atoms with van der Waals surface area (Å²) in [5.74, 6) is -0.837. The SMILES string of the molecule is CC(=O)NC(=O)C[C@H](C)N=[N+]=[N-]. The highest BCUT2D eigenvalue weighted by Crippen LogP contribution is 1.95. The summed E-state index contributed by atoms with van der Waals surface area (Å²) in [6.45, 7) is 2.84. The summed E-state index contributed by atoms with van der Waals surface area (Å²) in [6, 6.07) is -0.422. The second-order valence-corrected chi connectivity index (χ2v) is 2.36. The molecule has 66 valence electrons. The first kappa shape index (κ1) is 10.4. The average molecular weight is 170 g/mol. The minimum Gasteiger partial charge on any atom is -0.297 e. The van der Waals surface area contributed by atoms with Crippen LogP contribution in [-0.4, -0.2) is 17.9 Å². The van der Waals surface area contributed by atoms with Crippen molar-refractivity contribution < 1.29 is 9.59 Å². The van der Waals surface area contributed by atoms with Gasteiger partial charge in [-0.1, -0.05) is 12.0 Å². The fourth-order valence-corrected chi connectivity index (χ4v) is 0.645. The highest BCUT2D eigenvalue weighted by atomic mass is 16.2. The Morgan fingerprint density at radius 1 is 1.67 bits per heavy atom. The van der Waals surface area contributed by atoms with Crippen molar-refractivity contribution in [3.05, 3.63) is 10.4 Å². The zero-order chi connectivity index (χ0) is 9.56. The molecule has 0 aliphatic carbocycles. The van der Waals surface area contributed by atoms with Crippen LogP contribution in [0.1, 0.15) is 20.3 Å². The molecule has 0 aliphatic rings. The van der Waals surface area contributed by atoms with E-state index < -0.39 is 17.9 Å². The summed E-state index contributed by atoms with van der Waals surface area (Å²) in [6.07, 6.45) is 0.0314. The molecule has 6 heteroatoms. The molecule has 0 bridgehead atoms. The lowest BCUT2D eigenvalue weighted by Gasteiger charge is -2.02. The third-order valence-corrected chi connectivity index (χ3v) is 1.05. The number of carbonyl (C=O) groups excluding carboxylic acids is 2. The largest absolute Gasteiger partial charge is 0.297 e. The Balaban J connectivity index is 3.84. The Labute approximate surface area is 69.6 Å². The van der Waals surface area contributed by atoms with Crippen molar-refractivity contribution in [2.45, 2.75) is 26.3 Å². The molecule has 0 aromatic heterocycles. The van der Waals surface area contributed by atoms with Gasteiger partial charge in [-0.05, 0) is 5.53 Å². The monoisotopic (exact) mass is 170 g/mol. The van der Waals surface area contributed by atoms with Crippen LogP contribution >= 0.6 is 0 Å². The van der Waals surface area contributed by atoms with Crippen molar-refractivity contribution in [1.29, 1.82) is 0 Å². The van der Waals surface area contributed by atoms with Crippen LogP contribution in [0.25, 0.3) is 10.4 Å². The van der Waals surface area contributed by atoms with E-state index in [9.17, 15) is 9.59 Å². The quantitative estimate of drug-likeness (QED) is 0.384. The number of nitrogens with one attached hydrogen (secondary N) is 1. The molecular weight excluding hydrogens is 160 g/mol. The van der Waals surface area contributed by atoms with Gasteiger partial charge in [0.15, 0.2) is 0 Å². The smallest absolute Gasteiger partial charge is 0.226 e. The van der Waals surface area contributed by atoms with Gasteiger partial charge in [0, 0.05) is 24.3 Å². The molecule has 0 aromatic rings. The second kappa shape index (κ2) is 5.15. The summed E-state index contributed by atoms with van der Waals surface area (Å²) >= 11 is 0. The first-order valence-corrected chi connectivity index (χ1v) is 3.41. The summed E-state index contributed by atoms with van der Waals surface area (Å²) in [5, 5.41) is 5.35. The Hall–Kier alpha value is -1.55. The fourth-order valence-electron chi connectivity index (χ4n) is 0.645. The van der Waals surface area contributed by atoms with Crippen LogP contribution in [-0.2, 0) is 9.59 Å². The highest BCUT2D eigenvalue weighted by molar-refractivity contribution is 5.94. The van der Waals surface area contributed by atoms with Gasteiger partial charge in [0.05, 0.1) is 0 Å². The van der Waals surface area contributed by atoms with Gasteiger partial charge < -0.3 is 0 Å². The summed E-state index contributed by atoms with van der Waals surface area (Å²) in [4.78, 5) is 23.7. The minimum atomic E-state index is -0.428. The maximum absolute atomic E-state index is 10.8. The lowest BCUT2D eigenvalue weighted by molar-refractivity contribution is -0.129. The van der Waals surface area contributed by atoms with Crippen LogP contribution < -0.4 is 5.32 Å². The van der Waals surface area contributed by atoms with E-state index in [-0.39, 0.29) is 6.42 Å². The van der Waals surface area contributed by atoms with Gasteiger partial charge >= 0.3 is 0 Å². The molecule has 0 aromatic carbocycles. The summed E-state index contributed by atoms with van der Waals surface area (Å²) in [5.41, 5.74) is 7.99. The number of hydrogen-bond acceptors (Lipinski definition) is 3. The number of azide groups is 1. The molecule has 0 aliphatic heterocycles. The van der Waals surface area contributed by atoms with Gasteiger partial charge in [0.25, 0.3) is 0 Å². The van der Waals surface area contributed by atoms with Crippen LogP contribution in [0.15, 0.2) is 5.11 Å². The highest BCUT2D eigenvalue weighted by Gasteiger charge is 2.07.